The first-order valence-electron chi connectivity index (χ1n) is 5.30. The SMILES string of the molecule is Nc1nc(NCCO)cc(Nc2cnccn2)n1. The number of aromatic nitrogens is 4. The van der Waals surface area contributed by atoms with Crippen molar-refractivity contribution in [1.82, 2.24) is 19.9 Å². The van der Waals surface area contributed by atoms with Crippen LogP contribution in [0.5, 0.6) is 0 Å². The summed E-state index contributed by atoms with van der Waals surface area (Å²) in [5, 5.41) is 14.6. The number of nitrogens with two attached hydrogens (primary N) is 1. The molecule has 0 unspecified atom stereocenters. The average molecular weight is 247 g/mol. The first kappa shape index (κ1) is 12.0. The van der Waals surface area contributed by atoms with Crippen LogP contribution < -0.4 is 16.4 Å². The third kappa shape index (κ3) is 3.25. The summed E-state index contributed by atoms with van der Waals surface area (Å²) in [4.78, 5) is 16.0. The minimum atomic E-state index is 0.0107. The normalized spacial score (nSPS) is 10.1. The van der Waals surface area contributed by atoms with E-state index in [2.05, 4.69) is 30.6 Å². The minimum absolute atomic E-state index is 0.0107. The van der Waals surface area contributed by atoms with Crippen molar-refractivity contribution in [3.8, 4) is 0 Å². The molecule has 94 valence electrons. The second kappa shape index (κ2) is 5.73. The van der Waals surface area contributed by atoms with Crippen LogP contribution in [0, 0.1) is 0 Å². The quantitative estimate of drug-likeness (QED) is 0.582. The lowest BCUT2D eigenvalue weighted by Gasteiger charge is -2.08. The van der Waals surface area contributed by atoms with E-state index >= 15 is 0 Å². The molecule has 0 amide bonds. The highest BCUT2D eigenvalue weighted by atomic mass is 16.3. The van der Waals surface area contributed by atoms with Crippen LogP contribution in [-0.2, 0) is 0 Å². The Kier molecular flexibility index (Phi) is 3.82. The van der Waals surface area contributed by atoms with Crippen molar-refractivity contribution in [2.75, 3.05) is 29.5 Å². The summed E-state index contributed by atoms with van der Waals surface area (Å²) >= 11 is 0. The molecule has 0 radical (unpaired) electrons. The zero-order valence-electron chi connectivity index (χ0n) is 9.54. The van der Waals surface area contributed by atoms with Crippen LogP contribution in [0.25, 0.3) is 0 Å². The second-order valence-electron chi connectivity index (χ2n) is 3.36. The van der Waals surface area contributed by atoms with Crippen LogP contribution in [0.4, 0.5) is 23.4 Å². The van der Waals surface area contributed by atoms with Crippen molar-refractivity contribution in [1.29, 1.82) is 0 Å². The molecule has 0 aliphatic carbocycles. The van der Waals surface area contributed by atoms with E-state index in [0.29, 0.717) is 24.0 Å². The lowest BCUT2D eigenvalue weighted by molar-refractivity contribution is 0.311. The second-order valence-corrected chi connectivity index (χ2v) is 3.36. The smallest absolute Gasteiger partial charge is 0.223 e. The number of rotatable bonds is 5. The van der Waals surface area contributed by atoms with E-state index in [1.165, 1.54) is 0 Å². The van der Waals surface area contributed by atoms with Crippen LogP contribution in [0.3, 0.4) is 0 Å². The molecule has 2 aromatic rings. The molecule has 0 atom stereocenters. The molecule has 0 saturated heterocycles. The number of nitrogen functional groups attached to an aromatic ring is 1. The van der Waals surface area contributed by atoms with Crippen LogP contribution in [0.1, 0.15) is 0 Å². The van der Waals surface area contributed by atoms with Crippen LogP contribution in [0.15, 0.2) is 24.7 Å². The summed E-state index contributed by atoms with van der Waals surface area (Å²) < 4.78 is 0. The van der Waals surface area contributed by atoms with Crippen molar-refractivity contribution >= 4 is 23.4 Å². The van der Waals surface area contributed by atoms with Gasteiger partial charge in [-0.15, -0.1) is 0 Å². The number of hydrogen-bond donors (Lipinski definition) is 4. The van der Waals surface area contributed by atoms with Gasteiger partial charge in [-0.25, -0.2) is 4.98 Å². The van der Waals surface area contributed by atoms with Crippen molar-refractivity contribution in [3.05, 3.63) is 24.7 Å². The maximum Gasteiger partial charge on any atom is 0.223 e. The van der Waals surface area contributed by atoms with Crippen LogP contribution >= 0.6 is 0 Å². The zero-order chi connectivity index (χ0) is 12.8. The average Bonchev–Trinajstić information content (AvgIpc) is 2.37. The Bertz CT molecular complexity index is 505. The molecule has 0 fully saturated rings. The molecular formula is C10H13N7O. The number of anilines is 4. The van der Waals surface area contributed by atoms with Gasteiger partial charge in [-0.05, 0) is 0 Å². The van der Waals surface area contributed by atoms with Gasteiger partial charge in [-0.1, -0.05) is 0 Å². The summed E-state index contributed by atoms with van der Waals surface area (Å²) in [7, 11) is 0. The zero-order valence-corrected chi connectivity index (χ0v) is 9.54. The van der Waals surface area contributed by atoms with Crippen LogP contribution in [0.2, 0.25) is 0 Å². The van der Waals surface area contributed by atoms with E-state index in [4.69, 9.17) is 10.8 Å². The van der Waals surface area contributed by atoms with Gasteiger partial charge in [0.25, 0.3) is 0 Å². The van der Waals surface area contributed by atoms with Gasteiger partial charge in [0.05, 0.1) is 12.8 Å². The number of nitrogens with zero attached hydrogens (tertiary/aromatic N) is 4. The predicted octanol–water partition coefficient (Wildman–Crippen LogP) is -0.00340. The number of aliphatic hydroxyl groups is 1. The summed E-state index contributed by atoms with van der Waals surface area (Å²) in [5.41, 5.74) is 5.58. The van der Waals surface area contributed by atoms with Gasteiger partial charge in [-0.2, -0.15) is 9.97 Å². The van der Waals surface area contributed by atoms with E-state index in [9.17, 15) is 0 Å². The molecule has 8 heteroatoms. The lowest BCUT2D eigenvalue weighted by Crippen LogP contribution is -2.09. The third-order valence-corrected chi connectivity index (χ3v) is 1.98. The molecule has 0 saturated carbocycles. The molecule has 5 N–H and O–H groups in total. The first-order valence-corrected chi connectivity index (χ1v) is 5.30. The number of nitrogens with one attached hydrogen (secondary N) is 2. The Labute approximate surface area is 103 Å². The third-order valence-electron chi connectivity index (χ3n) is 1.98. The van der Waals surface area contributed by atoms with Gasteiger partial charge in [0, 0.05) is 25.0 Å². The molecule has 0 aliphatic rings. The number of aliphatic hydroxyl groups excluding tert-OH is 1. The molecule has 0 spiro atoms. The fourth-order valence-electron chi connectivity index (χ4n) is 1.30. The van der Waals surface area contributed by atoms with Crippen molar-refractivity contribution < 1.29 is 5.11 Å². The van der Waals surface area contributed by atoms with Crippen LogP contribution in [-0.4, -0.2) is 38.2 Å². The molecule has 0 aromatic carbocycles. The van der Waals surface area contributed by atoms with E-state index in [0.717, 1.165) is 0 Å². The Morgan fingerprint density at radius 2 is 2.00 bits per heavy atom. The highest BCUT2D eigenvalue weighted by Crippen LogP contribution is 2.15. The van der Waals surface area contributed by atoms with Gasteiger partial charge in [0.1, 0.15) is 17.5 Å². The maximum absolute atomic E-state index is 8.73. The molecule has 0 bridgehead atoms. The van der Waals surface area contributed by atoms with Crippen molar-refractivity contribution in [3.63, 3.8) is 0 Å². The topological polar surface area (TPSA) is 122 Å². The summed E-state index contributed by atoms with van der Waals surface area (Å²) in [5.74, 6) is 1.72. The number of hydrogen-bond acceptors (Lipinski definition) is 8. The fourth-order valence-corrected chi connectivity index (χ4v) is 1.30. The van der Waals surface area contributed by atoms with E-state index in [1.54, 1.807) is 24.7 Å². The Balaban J connectivity index is 2.15. The summed E-state index contributed by atoms with van der Waals surface area (Å²) in [6, 6.07) is 1.67. The van der Waals surface area contributed by atoms with Crippen molar-refractivity contribution in [2.45, 2.75) is 0 Å². The fraction of sp³-hybridized carbons (Fsp3) is 0.200. The van der Waals surface area contributed by atoms with Crippen molar-refractivity contribution in [2.24, 2.45) is 0 Å². The summed E-state index contributed by atoms with van der Waals surface area (Å²) in [6.45, 7) is 0.401. The Morgan fingerprint density at radius 3 is 2.72 bits per heavy atom. The van der Waals surface area contributed by atoms with E-state index in [1.807, 2.05) is 0 Å². The van der Waals surface area contributed by atoms with Gasteiger partial charge in [-0.3, -0.25) is 4.98 Å². The maximum atomic E-state index is 8.73. The van der Waals surface area contributed by atoms with Gasteiger partial charge >= 0.3 is 0 Å². The predicted molar refractivity (Wildman–Crippen MR) is 67.3 cm³/mol. The summed E-state index contributed by atoms with van der Waals surface area (Å²) in [6.07, 6.45) is 4.71. The Morgan fingerprint density at radius 1 is 1.17 bits per heavy atom. The highest BCUT2D eigenvalue weighted by molar-refractivity contribution is 5.57. The molecule has 2 aromatic heterocycles. The minimum Gasteiger partial charge on any atom is -0.395 e. The Hall–Kier alpha value is -2.48. The largest absolute Gasteiger partial charge is 0.395 e. The first-order chi connectivity index (χ1) is 8.78. The van der Waals surface area contributed by atoms with Gasteiger partial charge < -0.3 is 21.5 Å². The molecule has 8 nitrogen and oxygen atoms in total. The molecular weight excluding hydrogens is 234 g/mol. The molecule has 2 heterocycles. The monoisotopic (exact) mass is 247 g/mol. The molecule has 0 aliphatic heterocycles. The highest BCUT2D eigenvalue weighted by Gasteiger charge is 2.03. The lowest BCUT2D eigenvalue weighted by atomic mass is 10.5. The standard InChI is InChI=1S/C10H13N7O/c11-10-16-7(14-3-4-18)5-8(17-10)15-9-6-12-1-2-13-9/h1-2,5-6,18H,3-4H2,(H4,11,13,14,15,16,17). The molecule has 18 heavy (non-hydrogen) atoms. The van der Waals surface area contributed by atoms with E-state index in [-0.39, 0.29) is 12.6 Å². The van der Waals surface area contributed by atoms with Gasteiger partial charge in [0.15, 0.2) is 0 Å². The molecule has 2 rings (SSSR count). The van der Waals surface area contributed by atoms with Gasteiger partial charge in [0.2, 0.25) is 5.95 Å². The van der Waals surface area contributed by atoms with E-state index < -0.39 is 0 Å².